The SMILES string of the molecule is Cc1nc2cc(C(F)(F)F)c(C(C)N)c(F)c2c(=O)[nH]1. The van der Waals surface area contributed by atoms with Gasteiger partial charge < -0.3 is 10.7 Å². The number of hydrogen-bond donors (Lipinski definition) is 2. The summed E-state index contributed by atoms with van der Waals surface area (Å²) in [6, 6.07) is -0.559. The lowest BCUT2D eigenvalue weighted by atomic mass is 9.98. The fraction of sp³-hybridized carbons (Fsp3) is 0.333. The highest BCUT2D eigenvalue weighted by molar-refractivity contribution is 5.80. The number of nitrogens with one attached hydrogen (secondary N) is 1. The van der Waals surface area contributed by atoms with Crippen LogP contribution in [0.3, 0.4) is 0 Å². The van der Waals surface area contributed by atoms with Gasteiger partial charge in [-0.25, -0.2) is 9.37 Å². The molecular weight excluding hydrogens is 278 g/mol. The number of hydrogen-bond acceptors (Lipinski definition) is 3. The van der Waals surface area contributed by atoms with Gasteiger partial charge in [0.2, 0.25) is 0 Å². The first-order valence-corrected chi connectivity index (χ1v) is 5.68. The van der Waals surface area contributed by atoms with Crippen molar-refractivity contribution >= 4 is 10.9 Å². The molecule has 0 bridgehead atoms. The van der Waals surface area contributed by atoms with Gasteiger partial charge >= 0.3 is 6.18 Å². The molecule has 0 amide bonds. The maximum Gasteiger partial charge on any atom is 0.416 e. The molecule has 8 heteroatoms. The predicted molar refractivity (Wildman–Crippen MR) is 64.7 cm³/mol. The molecule has 0 aliphatic heterocycles. The van der Waals surface area contributed by atoms with Gasteiger partial charge in [0, 0.05) is 11.6 Å². The van der Waals surface area contributed by atoms with Crippen LogP contribution in [0.4, 0.5) is 17.6 Å². The predicted octanol–water partition coefficient (Wildman–Crippen LogP) is 2.41. The van der Waals surface area contributed by atoms with Crippen LogP contribution >= 0.6 is 0 Å². The fourth-order valence-corrected chi connectivity index (χ4v) is 2.07. The van der Waals surface area contributed by atoms with Gasteiger partial charge in [-0.3, -0.25) is 4.79 Å². The Balaban J connectivity index is 3.01. The van der Waals surface area contributed by atoms with E-state index in [1.54, 1.807) is 0 Å². The van der Waals surface area contributed by atoms with Gasteiger partial charge in [-0.2, -0.15) is 13.2 Å². The molecule has 1 aromatic heterocycles. The highest BCUT2D eigenvalue weighted by atomic mass is 19.4. The summed E-state index contributed by atoms with van der Waals surface area (Å²) in [5.74, 6) is -1.18. The number of nitrogens with two attached hydrogens (primary N) is 1. The Bertz CT molecular complexity index is 734. The zero-order chi connectivity index (χ0) is 15.2. The highest BCUT2D eigenvalue weighted by Crippen LogP contribution is 2.37. The molecule has 1 aromatic carbocycles. The van der Waals surface area contributed by atoms with E-state index in [0.29, 0.717) is 6.07 Å². The smallest absolute Gasteiger partial charge is 0.324 e. The second-order valence-corrected chi connectivity index (χ2v) is 4.48. The third kappa shape index (κ3) is 2.26. The van der Waals surface area contributed by atoms with E-state index in [4.69, 9.17) is 5.73 Å². The second kappa shape index (κ2) is 4.55. The molecular formula is C12H11F4N3O. The number of fused-ring (bicyclic) bond motifs is 1. The molecule has 2 aromatic rings. The van der Waals surface area contributed by atoms with Gasteiger partial charge in [0.15, 0.2) is 0 Å². The summed E-state index contributed by atoms with van der Waals surface area (Å²) in [5, 5.41) is -0.518. The molecule has 0 saturated carbocycles. The van der Waals surface area contributed by atoms with Crippen molar-refractivity contribution in [2.24, 2.45) is 5.73 Å². The largest absolute Gasteiger partial charge is 0.416 e. The van der Waals surface area contributed by atoms with Crippen LogP contribution in [0.25, 0.3) is 10.9 Å². The zero-order valence-corrected chi connectivity index (χ0v) is 10.6. The van der Waals surface area contributed by atoms with Crippen LogP contribution in [0.5, 0.6) is 0 Å². The summed E-state index contributed by atoms with van der Waals surface area (Å²) in [7, 11) is 0. The molecule has 1 unspecified atom stereocenters. The van der Waals surface area contributed by atoms with Crippen LogP contribution in [0.1, 0.15) is 29.9 Å². The zero-order valence-electron chi connectivity index (χ0n) is 10.6. The Morgan fingerprint density at radius 3 is 2.50 bits per heavy atom. The maximum absolute atomic E-state index is 14.3. The second-order valence-electron chi connectivity index (χ2n) is 4.48. The lowest BCUT2D eigenvalue weighted by Gasteiger charge is -2.17. The van der Waals surface area contributed by atoms with E-state index in [9.17, 15) is 22.4 Å². The van der Waals surface area contributed by atoms with Crippen molar-refractivity contribution in [3.63, 3.8) is 0 Å². The third-order valence-corrected chi connectivity index (χ3v) is 2.85. The first-order chi connectivity index (χ1) is 9.12. The van der Waals surface area contributed by atoms with Crippen molar-refractivity contribution in [1.29, 1.82) is 0 Å². The Morgan fingerprint density at radius 2 is 2.00 bits per heavy atom. The first-order valence-electron chi connectivity index (χ1n) is 5.68. The molecule has 0 saturated heterocycles. The first kappa shape index (κ1) is 14.4. The number of aromatic amines is 1. The number of alkyl halides is 3. The van der Waals surface area contributed by atoms with Crippen molar-refractivity contribution in [3.8, 4) is 0 Å². The average Bonchev–Trinajstić information content (AvgIpc) is 2.25. The summed E-state index contributed by atoms with van der Waals surface area (Å²) in [4.78, 5) is 17.7. The van der Waals surface area contributed by atoms with E-state index in [-0.39, 0.29) is 11.3 Å². The van der Waals surface area contributed by atoms with E-state index in [1.807, 2.05) is 0 Å². The number of benzene rings is 1. The van der Waals surface area contributed by atoms with Crippen LogP contribution in [0.15, 0.2) is 10.9 Å². The molecule has 4 nitrogen and oxygen atoms in total. The van der Waals surface area contributed by atoms with Crippen molar-refractivity contribution in [2.45, 2.75) is 26.1 Å². The molecule has 0 spiro atoms. The topological polar surface area (TPSA) is 71.8 Å². The van der Waals surface area contributed by atoms with Crippen molar-refractivity contribution in [1.82, 2.24) is 9.97 Å². The molecule has 108 valence electrons. The van der Waals surface area contributed by atoms with Gasteiger partial charge in [0.05, 0.1) is 11.1 Å². The standard InChI is InChI=1S/C12H11F4N3O/c1-4(17)8-6(12(14,15)16)3-7-9(10(8)13)11(20)19-5(2)18-7/h3-4H,17H2,1-2H3,(H,18,19,20). The van der Waals surface area contributed by atoms with E-state index in [1.165, 1.54) is 13.8 Å². The Morgan fingerprint density at radius 1 is 1.40 bits per heavy atom. The monoisotopic (exact) mass is 289 g/mol. The third-order valence-electron chi connectivity index (χ3n) is 2.85. The summed E-state index contributed by atoms with van der Waals surface area (Å²) < 4.78 is 53.2. The molecule has 0 aliphatic carbocycles. The van der Waals surface area contributed by atoms with Crippen LogP contribution in [-0.4, -0.2) is 9.97 Å². The van der Waals surface area contributed by atoms with Gasteiger partial charge in [0.25, 0.3) is 5.56 Å². The quantitative estimate of drug-likeness (QED) is 0.792. The summed E-state index contributed by atoms with van der Waals surface area (Å²) in [5.41, 5.74) is 2.28. The number of aromatic nitrogens is 2. The molecule has 0 fully saturated rings. The number of rotatable bonds is 1. The summed E-state index contributed by atoms with van der Waals surface area (Å²) in [6.45, 7) is 2.61. The molecule has 1 atom stereocenters. The van der Waals surface area contributed by atoms with E-state index in [2.05, 4.69) is 9.97 Å². The minimum absolute atomic E-state index is 0.101. The van der Waals surface area contributed by atoms with Crippen molar-refractivity contribution in [3.05, 3.63) is 39.2 Å². The van der Waals surface area contributed by atoms with Gasteiger partial charge in [0.1, 0.15) is 17.0 Å². The van der Waals surface area contributed by atoms with Crippen LogP contribution in [0, 0.1) is 12.7 Å². The lowest BCUT2D eigenvalue weighted by molar-refractivity contribution is -0.138. The Kier molecular flexibility index (Phi) is 3.29. The maximum atomic E-state index is 14.3. The van der Waals surface area contributed by atoms with Crippen LogP contribution in [0.2, 0.25) is 0 Å². The van der Waals surface area contributed by atoms with E-state index >= 15 is 0 Å². The number of aryl methyl sites for hydroxylation is 1. The normalized spacial score (nSPS) is 13.8. The van der Waals surface area contributed by atoms with Gasteiger partial charge in [-0.05, 0) is 19.9 Å². The van der Waals surface area contributed by atoms with Crippen molar-refractivity contribution in [2.75, 3.05) is 0 Å². The lowest BCUT2D eigenvalue weighted by Crippen LogP contribution is -2.20. The summed E-state index contributed by atoms with van der Waals surface area (Å²) >= 11 is 0. The Hall–Kier alpha value is -1.96. The van der Waals surface area contributed by atoms with E-state index in [0.717, 1.165) is 0 Å². The summed E-state index contributed by atoms with van der Waals surface area (Å²) in [6.07, 6.45) is -4.78. The average molecular weight is 289 g/mol. The molecule has 0 radical (unpaired) electrons. The van der Waals surface area contributed by atoms with Crippen molar-refractivity contribution < 1.29 is 17.6 Å². The van der Waals surface area contributed by atoms with Gasteiger partial charge in [-0.15, -0.1) is 0 Å². The number of nitrogens with zero attached hydrogens (tertiary/aromatic N) is 1. The highest BCUT2D eigenvalue weighted by Gasteiger charge is 2.37. The minimum Gasteiger partial charge on any atom is -0.324 e. The molecule has 0 aliphatic rings. The molecule has 1 heterocycles. The van der Waals surface area contributed by atoms with Crippen LogP contribution in [-0.2, 0) is 6.18 Å². The Labute approximate surface area is 110 Å². The number of halogens is 4. The minimum atomic E-state index is -4.78. The molecule has 2 rings (SSSR count). The molecule has 3 N–H and O–H groups in total. The van der Waals surface area contributed by atoms with E-state index < -0.39 is 40.1 Å². The van der Waals surface area contributed by atoms with Gasteiger partial charge in [-0.1, -0.05) is 0 Å². The van der Waals surface area contributed by atoms with Crippen LogP contribution < -0.4 is 11.3 Å². The molecule has 20 heavy (non-hydrogen) atoms. The fourth-order valence-electron chi connectivity index (χ4n) is 2.07. The number of H-pyrrole nitrogens is 1.